The number of ether oxygens (including phenoxy) is 1. The zero-order chi connectivity index (χ0) is 18.4. The van der Waals surface area contributed by atoms with Crippen molar-refractivity contribution in [2.45, 2.75) is 18.4 Å². The number of nitrogens with one attached hydrogen (secondary N) is 1. The third kappa shape index (κ3) is 5.12. The summed E-state index contributed by atoms with van der Waals surface area (Å²) in [5.74, 6) is -0.208. The molecule has 1 N–H and O–H groups in total. The molecule has 8 heteroatoms. The van der Waals surface area contributed by atoms with Gasteiger partial charge in [0.2, 0.25) is 10.0 Å². The molecule has 0 aliphatic rings. The Morgan fingerprint density at radius 3 is 2.72 bits per heavy atom. The summed E-state index contributed by atoms with van der Waals surface area (Å²) in [4.78, 5) is 15.5. The molecule has 2 rings (SSSR count). The van der Waals surface area contributed by atoms with Crippen molar-refractivity contribution in [2.75, 3.05) is 27.3 Å². The first-order valence-corrected chi connectivity index (χ1v) is 10.1. The standard InChI is InChI=1S/C17H22N2O4S2/c1-13-6-7-15(25(21,22)18-8-9-23-3)11-16(13)17(20)19(2)12-14-5-4-10-24-14/h4-7,10-11,18H,8-9,12H2,1-3H3. The highest BCUT2D eigenvalue weighted by atomic mass is 32.2. The lowest BCUT2D eigenvalue weighted by atomic mass is 10.1. The highest BCUT2D eigenvalue weighted by molar-refractivity contribution is 7.89. The second kappa shape index (κ2) is 8.57. The number of aryl methyl sites for hydroxylation is 1. The fourth-order valence-electron chi connectivity index (χ4n) is 2.27. The summed E-state index contributed by atoms with van der Waals surface area (Å²) in [6.45, 7) is 2.73. The molecular formula is C17H22N2O4S2. The molecule has 0 spiro atoms. The van der Waals surface area contributed by atoms with Crippen LogP contribution in [0.2, 0.25) is 0 Å². The van der Waals surface area contributed by atoms with Gasteiger partial charge in [-0.2, -0.15) is 0 Å². The average molecular weight is 383 g/mol. The van der Waals surface area contributed by atoms with Crippen LogP contribution in [0.25, 0.3) is 0 Å². The van der Waals surface area contributed by atoms with Crippen molar-refractivity contribution < 1.29 is 17.9 Å². The number of carbonyl (C=O) groups is 1. The Morgan fingerprint density at radius 2 is 2.08 bits per heavy atom. The first-order valence-electron chi connectivity index (χ1n) is 7.72. The molecule has 0 aliphatic carbocycles. The molecule has 0 aliphatic heterocycles. The van der Waals surface area contributed by atoms with Crippen molar-refractivity contribution >= 4 is 27.3 Å². The van der Waals surface area contributed by atoms with Crippen molar-refractivity contribution in [1.29, 1.82) is 0 Å². The topological polar surface area (TPSA) is 75.7 Å². The maximum Gasteiger partial charge on any atom is 0.254 e. The van der Waals surface area contributed by atoms with Crippen molar-refractivity contribution in [3.8, 4) is 0 Å². The molecule has 1 heterocycles. The number of rotatable bonds is 8. The second-order valence-corrected chi connectivity index (χ2v) is 8.41. The number of thiophene rings is 1. The van der Waals surface area contributed by atoms with Gasteiger partial charge < -0.3 is 9.64 Å². The minimum atomic E-state index is -3.68. The maximum absolute atomic E-state index is 12.7. The summed E-state index contributed by atoms with van der Waals surface area (Å²) >= 11 is 1.58. The van der Waals surface area contributed by atoms with E-state index in [0.717, 1.165) is 10.4 Å². The van der Waals surface area contributed by atoms with Gasteiger partial charge in [0.15, 0.2) is 0 Å². The number of benzene rings is 1. The van der Waals surface area contributed by atoms with Gasteiger partial charge in [-0.25, -0.2) is 13.1 Å². The lowest BCUT2D eigenvalue weighted by Crippen LogP contribution is -2.29. The maximum atomic E-state index is 12.7. The van der Waals surface area contributed by atoms with Gasteiger partial charge in [0, 0.05) is 31.1 Å². The van der Waals surface area contributed by atoms with Crippen LogP contribution in [0.4, 0.5) is 0 Å². The number of sulfonamides is 1. The van der Waals surface area contributed by atoms with Gasteiger partial charge in [-0.15, -0.1) is 11.3 Å². The molecule has 0 radical (unpaired) electrons. The van der Waals surface area contributed by atoms with Crippen LogP contribution >= 0.6 is 11.3 Å². The minimum Gasteiger partial charge on any atom is -0.383 e. The summed E-state index contributed by atoms with van der Waals surface area (Å²) in [5.41, 5.74) is 1.12. The van der Waals surface area contributed by atoms with Crippen LogP contribution in [0.1, 0.15) is 20.8 Å². The Hall–Kier alpha value is -1.74. The largest absolute Gasteiger partial charge is 0.383 e. The Morgan fingerprint density at radius 1 is 1.32 bits per heavy atom. The molecule has 1 aromatic heterocycles. The molecule has 0 saturated carbocycles. The van der Waals surface area contributed by atoms with Crippen molar-refractivity contribution in [3.63, 3.8) is 0 Å². The number of hydrogen-bond donors (Lipinski definition) is 1. The van der Waals surface area contributed by atoms with Gasteiger partial charge in [-0.1, -0.05) is 12.1 Å². The number of carbonyl (C=O) groups excluding carboxylic acids is 1. The van der Waals surface area contributed by atoms with Gasteiger partial charge >= 0.3 is 0 Å². The predicted octanol–water partition coefficient (Wildman–Crippen LogP) is 2.25. The van der Waals surface area contributed by atoms with Gasteiger partial charge in [0.1, 0.15) is 0 Å². The van der Waals surface area contributed by atoms with Crippen molar-refractivity contribution in [2.24, 2.45) is 0 Å². The van der Waals surface area contributed by atoms with E-state index in [2.05, 4.69) is 4.72 Å². The summed E-state index contributed by atoms with van der Waals surface area (Å²) in [5, 5.41) is 1.96. The second-order valence-electron chi connectivity index (χ2n) is 5.61. The molecule has 136 valence electrons. The molecular weight excluding hydrogens is 360 g/mol. The summed E-state index contributed by atoms with van der Waals surface area (Å²) in [6.07, 6.45) is 0. The van der Waals surface area contributed by atoms with E-state index in [1.54, 1.807) is 36.3 Å². The minimum absolute atomic E-state index is 0.0714. The number of nitrogens with zero attached hydrogens (tertiary/aromatic N) is 1. The molecule has 0 fully saturated rings. The lowest BCUT2D eigenvalue weighted by Gasteiger charge is -2.18. The SMILES string of the molecule is COCCNS(=O)(=O)c1ccc(C)c(C(=O)N(C)Cc2cccs2)c1. The smallest absolute Gasteiger partial charge is 0.254 e. The highest BCUT2D eigenvalue weighted by Crippen LogP contribution is 2.19. The quantitative estimate of drug-likeness (QED) is 0.711. The molecule has 0 unspecified atom stereocenters. The van der Waals surface area contributed by atoms with Crippen LogP contribution in [0, 0.1) is 6.92 Å². The van der Waals surface area contributed by atoms with Crippen molar-refractivity contribution in [1.82, 2.24) is 9.62 Å². The van der Waals surface area contributed by atoms with Gasteiger partial charge in [-0.3, -0.25) is 4.79 Å². The van der Waals surface area contributed by atoms with E-state index < -0.39 is 10.0 Å². The third-order valence-electron chi connectivity index (χ3n) is 3.67. The highest BCUT2D eigenvalue weighted by Gasteiger charge is 2.20. The normalized spacial score (nSPS) is 11.5. The van der Waals surface area contributed by atoms with Crippen LogP contribution in [-0.2, 0) is 21.3 Å². The van der Waals surface area contributed by atoms with E-state index >= 15 is 0 Å². The van der Waals surface area contributed by atoms with Crippen LogP contribution in [0.3, 0.4) is 0 Å². The van der Waals surface area contributed by atoms with E-state index in [1.165, 1.54) is 19.2 Å². The molecule has 0 saturated heterocycles. The zero-order valence-electron chi connectivity index (χ0n) is 14.5. The lowest BCUT2D eigenvalue weighted by molar-refractivity contribution is 0.0785. The Bertz CT molecular complexity index is 817. The number of hydrogen-bond acceptors (Lipinski definition) is 5. The summed E-state index contributed by atoms with van der Waals surface area (Å²) in [7, 11) is -0.471. The predicted molar refractivity (Wildman–Crippen MR) is 98.4 cm³/mol. The first kappa shape index (κ1) is 19.6. The van der Waals surface area contributed by atoms with Crippen LogP contribution < -0.4 is 4.72 Å². The van der Waals surface area contributed by atoms with E-state index in [4.69, 9.17) is 4.74 Å². The van der Waals surface area contributed by atoms with Gasteiger partial charge in [-0.05, 0) is 36.1 Å². The number of methoxy groups -OCH3 is 1. The van der Waals surface area contributed by atoms with E-state index in [1.807, 2.05) is 17.5 Å². The van der Waals surface area contributed by atoms with E-state index in [-0.39, 0.29) is 24.0 Å². The molecule has 1 amide bonds. The van der Waals surface area contributed by atoms with Crippen LogP contribution in [0.5, 0.6) is 0 Å². The Labute approximate surface area is 152 Å². The van der Waals surface area contributed by atoms with E-state index in [0.29, 0.717) is 12.1 Å². The van der Waals surface area contributed by atoms with Gasteiger partial charge in [0.25, 0.3) is 5.91 Å². The van der Waals surface area contributed by atoms with E-state index in [9.17, 15) is 13.2 Å². The molecule has 2 aromatic rings. The summed E-state index contributed by atoms with van der Waals surface area (Å²) < 4.78 is 32.0. The average Bonchev–Trinajstić information content (AvgIpc) is 3.07. The molecule has 0 atom stereocenters. The fraction of sp³-hybridized carbons (Fsp3) is 0.353. The first-order chi connectivity index (χ1) is 11.8. The Kier molecular flexibility index (Phi) is 6.71. The van der Waals surface area contributed by atoms with Crippen molar-refractivity contribution in [3.05, 3.63) is 51.7 Å². The molecule has 25 heavy (non-hydrogen) atoms. The molecule has 1 aromatic carbocycles. The van der Waals surface area contributed by atoms with Gasteiger partial charge in [0.05, 0.1) is 18.0 Å². The van der Waals surface area contributed by atoms with Crippen LogP contribution in [-0.4, -0.2) is 46.5 Å². The Balaban J connectivity index is 2.21. The monoisotopic (exact) mass is 382 g/mol. The van der Waals surface area contributed by atoms with Crippen LogP contribution in [0.15, 0.2) is 40.6 Å². The summed E-state index contributed by atoms with van der Waals surface area (Å²) in [6, 6.07) is 8.47. The molecule has 0 bridgehead atoms. The third-order valence-corrected chi connectivity index (χ3v) is 5.99. The fourth-order valence-corrected chi connectivity index (χ4v) is 4.07. The number of amides is 1. The molecule has 6 nitrogen and oxygen atoms in total. The zero-order valence-corrected chi connectivity index (χ0v) is 16.1.